The number of ether oxygens (including phenoxy) is 3. The second-order valence-corrected chi connectivity index (χ2v) is 4.40. The van der Waals surface area contributed by atoms with Crippen LogP contribution < -0.4 is 4.74 Å². The van der Waals surface area contributed by atoms with E-state index in [0.29, 0.717) is 18.9 Å². The molecule has 1 rings (SSSR count). The Morgan fingerprint density at radius 2 is 1.91 bits per heavy atom. The number of methoxy groups -OCH3 is 3. The maximum absolute atomic E-state index is 12.2. The minimum Gasteiger partial charge on any atom is -0.496 e. The van der Waals surface area contributed by atoms with Gasteiger partial charge in [0.1, 0.15) is 12.3 Å². The Hall–Kier alpha value is -2.34. The summed E-state index contributed by atoms with van der Waals surface area (Å²) in [7, 11) is 4.38. The van der Waals surface area contributed by atoms with Crippen molar-refractivity contribution in [2.24, 2.45) is 0 Å². The van der Waals surface area contributed by atoms with Gasteiger partial charge in [-0.2, -0.15) is 0 Å². The van der Waals surface area contributed by atoms with Crippen LogP contribution in [0.1, 0.15) is 5.56 Å². The largest absolute Gasteiger partial charge is 0.496 e. The molecule has 0 aromatic heterocycles. The van der Waals surface area contributed by atoms with Crippen molar-refractivity contribution in [2.45, 2.75) is 0 Å². The quantitative estimate of drug-likeness (QED) is 0.536. The smallest absolute Gasteiger partial charge is 0.325 e. The minimum absolute atomic E-state index is 0.116. The van der Waals surface area contributed by atoms with Gasteiger partial charge in [-0.25, -0.2) is 0 Å². The van der Waals surface area contributed by atoms with Crippen LogP contribution in [0.2, 0.25) is 0 Å². The molecule has 0 bridgehead atoms. The molecule has 120 valence electrons. The molecule has 0 radical (unpaired) electrons. The molecule has 22 heavy (non-hydrogen) atoms. The molecule has 0 heterocycles. The zero-order valence-corrected chi connectivity index (χ0v) is 13.1. The van der Waals surface area contributed by atoms with E-state index >= 15 is 0 Å². The summed E-state index contributed by atoms with van der Waals surface area (Å²) >= 11 is 0. The fraction of sp³-hybridized carbons (Fsp3) is 0.375. The maximum atomic E-state index is 12.2. The maximum Gasteiger partial charge on any atom is 0.325 e. The number of benzene rings is 1. The van der Waals surface area contributed by atoms with E-state index in [1.807, 2.05) is 18.2 Å². The summed E-state index contributed by atoms with van der Waals surface area (Å²) in [5.41, 5.74) is 0.781. The van der Waals surface area contributed by atoms with Crippen LogP contribution in [0.15, 0.2) is 30.3 Å². The Morgan fingerprint density at radius 1 is 1.18 bits per heavy atom. The fourth-order valence-corrected chi connectivity index (χ4v) is 1.76. The van der Waals surface area contributed by atoms with Crippen molar-refractivity contribution >= 4 is 18.0 Å². The SMILES string of the molecule is COCCN(CC(=O)OC)C(=O)/C=C/c1ccccc1OC. The minimum atomic E-state index is -0.477. The van der Waals surface area contributed by atoms with Crippen LogP contribution in [0, 0.1) is 0 Å². The predicted octanol–water partition coefficient (Wildman–Crippen LogP) is 1.36. The van der Waals surface area contributed by atoms with Gasteiger partial charge in [0.05, 0.1) is 20.8 Å². The number of rotatable bonds is 8. The molecule has 1 amide bonds. The summed E-state index contributed by atoms with van der Waals surface area (Å²) in [4.78, 5) is 24.9. The number of nitrogens with zero attached hydrogens (tertiary/aromatic N) is 1. The highest BCUT2D eigenvalue weighted by Gasteiger charge is 2.15. The second kappa shape index (κ2) is 9.57. The van der Waals surface area contributed by atoms with Crippen LogP contribution in [-0.2, 0) is 19.1 Å². The number of carbonyl (C=O) groups excluding carboxylic acids is 2. The molecule has 1 aromatic carbocycles. The monoisotopic (exact) mass is 307 g/mol. The first-order valence-electron chi connectivity index (χ1n) is 6.78. The molecule has 0 N–H and O–H groups in total. The first-order valence-corrected chi connectivity index (χ1v) is 6.78. The molecule has 0 fully saturated rings. The van der Waals surface area contributed by atoms with Gasteiger partial charge in [-0.1, -0.05) is 18.2 Å². The lowest BCUT2D eigenvalue weighted by Gasteiger charge is -2.19. The molecule has 6 nitrogen and oxygen atoms in total. The summed E-state index contributed by atoms with van der Waals surface area (Å²) in [5, 5.41) is 0. The number of para-hydroxylation sites is 1. The topological polar surface area (TPSA) is 65.1 Å². The van der Waals surface area contributed by atoms with E-state index in [4.69, 9.17) is 9.47 Å². The predicted molar refractivity (Wildman–Crippen MR) is 82.5 cm³/mol. The lowest BCUT2D eigenvalue weighted by Crippen LogP contribution is -2.37. The highest BCUT2D eigenvalue weighted by atomic mass is 16.5. The lowest BCUT2D eigenvalue weighted by molar-refractivity contribution is -0.145. The van der Waals surface area contributed by atoms with Crippen LogP contribution >= 0.6 is 0 Å². The molecular formula is C16H21NO5. The van der Waals surface area contributed by atoms with Crippen LogP contribution in [0.4, 0.5) is 0 Å². The summed E-state index contributed by atoms with van der Waals surface area (Å²) in [6.07, 6.45) is 3.05. The van der Waals surface area contributed by atoms with E-state index in [1.54, 1.807) is 19.3 Å². The normalized spacial score (nSPS) is 10.5. The van der Waals surface area contributed by atoms with Gasteiger partial charge in [-0.15, -0.1) is 0 Å². The Kier molecular flexibility index (Phi) is 7.70. The third-order valence-corrected chi connectivity index (χ3v) is 2.97. The van der Waals surface area contributed by atoms with Crippen LogP contribution in [0.25, 0.3) is 6.08 Å². The molecular weight excluding hydrogens is 286 g/mol. The zero-order valence-electron chi connectivity index (χ0n) is 13.1. The number of hydrogen-bond donors (Lipinski definition) is 0. The molecule has 0 aliphatic carbocycles. The Balaban J connectivity index is 2.80. The molecule has 0 saturated carbocycles. The van der Waals surface area contributed by atoms with Gasteiger partial charge in [-0.05, 0) is 12.1 Å². The third-order valence-electron chi connectivity index (χ3n) is 2.97. The van der Waals surface area contributed by atoms with Crippen molar-refractivity contribution in [3.8, 4) is 5.75 Å². The van der Waals surface area contributed by atoms with Crippen molar-refractivity contribution in [1.82, 2.24) is 4.90 Å². The average molecular weight is 307 g/mol. The first kappa shape index (κ1) is 17.7. The summed E-state index contributed by atoms with van der Waals surface area (Å²) in [5.74, 6) is -0.105. The van der Waals surface area contributed by atoms with E-state index in [2.05, 4.69) is 4.74 Å². The zero-order chi connectivity index (χ0) is 16.4. The van der Waals surface area contributed by atoms with E-state index in [0.717, 1.165) is 5.56 Å². The summed E-state index contributed by atoms with van der Waals surface area (Å²) < 4.78 is 14.8. The molecule has 0 atom stereocenters. The Morgan fingerprint density at radius 3 is 2.55 bits per heavy atom. The van der Waals surface area contributed by atoms with Crippen LogP contribution in [0.5, 0.6) is 5.75 Å². The van der Waals surface area contributed by atoms with Gasteiger partial charge in [0.15, 0.2) is 0 Å². The summed E-state index contributed by atoms with van der Waals surface area (Å²) in [6.45, 7) is 0.529. The Bertz CT molecular complexity index is 527. The van der Waals surface area contributed by atoms with Gasteiger partial charge in [-0.3, -0.25) is 9.59 Å². The van der Waals surface area contributed by atoms with Crippen molar-refractivity contribution in [3.05, 3.63) is 35.9 Å². The molecule has 6 heteroatoms. The highest BCUT2D eigenvalue weighted by Crippen LogP contribution is 2.18. The summed E-state index contributed by atoms with van der Waals surface area (Å²) in [6, 6.07) is 7.34. The van der Waals surface area contributed by atoms with E-state index in [-0.39, 0.29) is 12.5 Å². The number of carbonyl (C=O) groups is 2. The van der Waals surface area contributed by atoms with Gasteiger partial charge in [0.2, 0.25) is 5.91 Å². The van der Waals surface area contributed by atoms with Gasteiger partial charge in [0, 0.05) is 25.3 Å². The molecule has 0 spiro atoms. The molecule has 0 aliphatic rings. The van der Waals surface area contributed by atoms with Gasteiger partial charge < -0.3 is 19.1 Å². The van der Waals surface area contributed by atoms with E-state index in [1.165, 1.54) is 25.2 Å². The highest BCUT2D eigenvalue weighted by molar-refractivity contribution is 5.94. The molecule has 0 unspecified atom stereocenters. The van der Waals surface area contributed by atoms with Crippen molar-refractivity contribution in [3.63, 3.8) is 0 Å². The fourth-order valence-electron chi connectivity index (χ4n) is 1.76. The lowest BCUT2D eigenvalue weighted by atomic mass is 10.2. The van der Waals surface area contributed by atoms with Crippen molar-refractivity contribution < 1.29 is 23.8 Å². The second-order valence-electron chi connectivity index (χ2n) is 4.40. The standard InChI is InChI=1S/C16H21NO5/c1-20-11-10-17(12-16(19)22-3)15(18)9-8-13-6-4-5-7-14(13)21-2/h4-9H,10-12H2,1-3H3/b9-8+. The van der Waals surface area contributed by atoms with Crippen LogP contribution in [0.3, 0.4) is 0 Å². The van der Waals surface area contributed by atoms with E-state index < -0.39 is 5.97 Å². The average Bonchev–Trinajstić information content (AvgIpc) is 2.56. The molecule has 0 aliphatic heterocycles. The molecule has 0 saturated heterocycles. The van der Waals surface area contributed by atoms with Crippen LogP contribution in [-0.4, -0.2) is 57.8 Å². The Labute approximate surface area is 130 Å². The number of hydrogen-bond acceptors (Lipinski definition) is 5. The molecule has 1 aromatic rings. The van der Waals surface area contributed by atoms with Gasteiger partial charge in [0.25, 0.3) is 0 Å². The first-order chi connectivity index (χ1) is 10.6. The number of esters is 1. The van der Waals surface area contributed by atoms with Crippen molar-refractivity contribution in [1.29, 1.82) is 0 Å². The van der Waals surface area contributed by atoms with E-state index in [9.17, 15) is 9.59 Å². The number of amides is 1. The van der Waals surface area contributed by atoms with Crippen molar-refractivity contribution in [2.75, 3.05) is 41.0 Å². The van der Waals surface area contributed by atoms with Gasteiger partial charge >= 0.3 is 5.97 Å². The third kappa shape index (κ3) is 5.57.